The molecule has 1 aliphatic rings. The van der Waals surface area contributed by atoms with Gasteiger partial charge in [0.15, 0.2) is 0 Å². The maximum atomic E-state index is 12.2. The number of nitrogens with one attached hydrogen (secondary N) is 1. The van der Waals surface area contributed by atoms with E-state index in [9.17, 15) is 10.1 Å². The minimum Gasteiger partial charge on any atom is -0.383 e. The van der Waals surface area contributed by atoms with Crippen LogP contribution in [0.4, 0.5) is 5.69 Å². The predicted octanol–water partition coefficient (Wildman–Crippen LogP) is 1.91. The summed E-state index contributed by atoms with van der Waals surface area (Å²) in [5.41, 5.74) is 2.81. The second-order valence-corrected chi connectivity index (χ2v) is 7.23. The van der Waals surface area contributed by atoms with Crippen LogP contribution in [0.2, 0.25) is 0 Å². The lowest BCUT2D eigenvalue weighted by atomic mass is 9.95. The molecule has 1 fully saturated rings. The van der Waals surface area contributed by atoms with Crippen molar-refractivity contribution in [2.75, 3.05) is 32.1 Å². The highest BCUT2D eigenvalue weighted by atomic mass is 16.1. The average molecular weight is 364 g/mol. The van der Waals surface area contributed by atoms with Crippen LogP contribution in [-0.4, -0.2) is 54.0 Å². The molecule has 27 heavy (non-hydrogen) atoms. The monoisotopic (exact) mass is 364 g/mol. The summed E-state index contributed by atoms with van der Waals surface area (Å²) in [6.07, 6.45) is 7.46. The van der Waals surface area contributed by atoms with Crippen molar-refractivity contribution in [3.63, 3.8) is 0 Å². The quantitative estimate of drug-likeness (QED) is 0.834. The van der Waals surface area contributed by atoms with Gasteiger partial charge in [0.1, 0.15) is 17.1 Å². The third-order valence-corrected chi connectivity index (χ3v) is 4.60. The molecular weight excluding hydrogens is 340 g/mol. The Morgan fingerprint density at radius 2 is 2.04 bits per heavy atom. The van der Waals surface area contributed by atoms with E-state index in [2.05, 4.69) is 33.2 Å². The zero-order valence-corrected chi connectivity index (χ0v) is 15.9. The second kappa shape index (κ2) is 8.04. The highest BCUT2D eigenvalue weighted by Gasteiger charge is 2.27. The first-order valence-corrected chi connectivity index (χ1v) is 9.02. The highest BCUT2D eigenvalue weighted by molar-refractivity contribution is 5.92. The number of carbonyl (C=O) groups is 1. The fourth-order valence-electron chi connectivity index (χ4n) is 3.51. The standard InChI is InChI=1S/C20H24N6O/c1-14-10-16(24-18(27)6-9-25(2)3)13-26(12-14)17-5-4-15(11-21)19-20(17)23-8-7-22-19/h4-9,14,16H,10,12-13H2,1-3H3,(H,24,27)/t14-,16+/m0/s1. The maximum absolute atomic E-state index is 12.2. The van der Waals surface area contributed by atoms with Gasteiger partial charge in [0, 0.05) is 57.9 Å². The summed E-state index contributed by atoms with van der Waals surface area (Å²) in [5, 5.41) is 12.4. The van der Waals surface area contributed by atoms with E-state index in [-0.39, 0.29) is 11.9 Å². The van der Waals surface area contributed by atoms with Crippen molar-refractivity contribution in [1.82, 2.24) is 20.2 Å². The van der Waals surface area contributed by atoms with Crippen molar-refractivity contribution in [2.45, 2.75) is 19.4 Å². The zero-order valence-electron chi connectivity index (χ0n) is 15.9. The van der Waals surface area contributed by atoms with Gasteiger partial charge in [-0.3, -0.25) is 14.8 Å². The molecule has 2 aromatic rings. The van der Waals surface area contributed by atoms with Crippen molar-refractivity contribution < 1.29 is 4.79 Å². The number of anilines is 1. The molecule has 1 aromatic heterocycles. The van der Waals surface area contributed by atoms with Gasteiger partial charge in [0.05, 0.1) is 11.3 Å². The molecular formula is C20H24N6O. The number of nitrogens with zero attached hydrogens (tertiary/aromatic N) is 5. The van der Waals surface area contributed by atoms with Crippen LogP contribution in [-0.2, 0) is 4.79 Å². The topological polar surface area (TPSA) is 85.2 Å². The van der Waals surface area contributed by atoms with Gasteiger partial charge in [-0.15, -0.1) is 0 Å². The fourth-order valence-corrected chi connectivity index (χ4v) is 3.51. The van der Waals surface area contributed by atoms with Crippen LogP contribution in [0.1, 0.15) is 18.9 Å². The van der Waals surface area contributed by atoms with Crippen LogP contribution in [0.5, 0.6) is 0 Å². The number of piperidine rings is 1. The van der Waals surface area contributed by atoms with E-state index in [1.54, 1.807) is 30.7 Å². The summed E-state index contributed by atoms with van der Waals surface area (Å²) in [7, 11) is 3.76. The number of nitriles is 1. The molecule has 1 saturated heterocycles. The average Bonchev–Trinajstić information content (AvgIpc) is 2.65. The summed E-state index contributed by atoms with van der Waals surface area (Å²) < 4.78 is 0. The summed E-state index contributed by atoms with van der Waals surface area (Å²) in [5.74, 6) is 0.330. The molecule has 0 saturated carbocycles. The third kappa shape index (κ3) is 4.34. The van der Waals surface area contributed by atoms with Crippen molar-refractivity contribution in [1.29, 1.82) is 5.26 Å². The van der Waals surface area contributed by atoms with Crippen LogP contribution in [0.25, 0.3) is 11.0 Å². The first kappa shape index (κ1) is 18.6. The van der Waals surface area contributed by atoms with Gasteiger partial charge in [0.25, 0.3) is 0 Å². The molecule has 2 atom stereocenters. The minimum atomic E-state index is -0.0905. The molecule has 7 nitrogen and oxygen atoms in total. The molecule has 1 amide bonds. The summed E-state index contributed by atoms with van der Waals surface area (Å²) in [6.45, 7) is 3.75. The van der Waals surface area contributed by atoms with Gasteiger partial charge < -0.3 is 15.1 Å². The van der Waals surface area contributed by atoms with Crippen LogP contribution >= 0.6 is 0 Å². The molecule has 0 spiro atoms. The molecule has 0 radical (unpaired) electrons. The lowest BCUT2D eigenvalue weighted by molar-refractivity contribution is -0.117. The molecule has 0 aliphatic carbocycles. The van der Waals surface area contributed by atoms with Gasteiger partial charge in [-0.1, -0.05) is 6.92 Å². The van der Waals surface area contributed by atoms with Crippen LogP contribution in [0.3, 0.4) is 0 Å². The zero-order chi connectivity index (χ0) is 19.4. The van der Waals surface area contributed by atoms with Gasteiger partial charge in [-0.25, -0.2) is 0 Å². The Hall–Kier alpha value is -3.14. The maximum Gasteiger partial charge on any atom is 0.245 e. The Balaban J connectivity index is 1.84. The fraction of sp³-hybridized carbons (Fsp3) is 0.400. The summed E-state index contributed by atoms with van der Waals surface area (Å²) in [4.78, 5) is 25.0. The molecule has 3 rings (SSSR count). The normalized spacial score (nSPS) is 19.9. The molecule has 2 heterocycles. The lowest BCUT2D eigenvalue weighted by Gasteiger charge is -2.38. The molecule has 0 bridgehead atoms. The predicted molar refractivity (Wildman–Crippen MR) is 105 cm³/mol. The molecule has 1 N–H and O–H groups in total. The van der Waals surface area contributed by atoms with Crippen LogP contribution in [0, 0.1) is 17.2 Å². The van der Waals surface area contributed by atoms with E-state index < -0.39 is 0 Å². The number of fused-ring (bicyclic) bond motifs is 1. The Morgan fingerprint density at radius 1 is 1.30 bits per heavy atom. The summed E-state index contributed by atoms with van der Waals surface area (Å²) in [6, 6.07) is 5.95. The first-order valence-electron chi connectivity index (χ1n) is 9.02. The second-order valence-electron chi connectivity index (χ2n) is 7.23. The van der Waals surface area contributed by atoms with Crippen LogP contribution < -0.4 is 10.2 Å². The Bertz CT molecular complexity index is 901. The number of rotatable bonds is 4. The molecule has 0 unspecified atom stereocenters. The van der Waals surface area contributed by atoms with Gasteiger partial charge in [0.2, 0.25) is 5.91 Å². The van der Waals surface area contributed by atoms with E-state index >= 15 is 0 Å². The number of hydrogen-bond donors (Lipinski definition) is 1. The summed E-state index contributed by atoms with van der Waals surface area (Å²) >= 11 is 0. The van der Waals surface area contributed by atoms with E-state index in [4.69, 9.17) is 0 Å². The largest absolute Gasteiger partial charge is 0.383 e. The van der Waals surface area contributed by atoms with Crippen molar-refractivity contribution in [3.8, 4) is 6.07 Å². The van der Waals surface area contributed by atoms with Crippen molar-refractivity contribution >= 4 is 22.6 Å². The van der Waals surface area contributed by atoms with Gasteiger partial charge in [-0.2, -0.15) is 5.26 Å². The molecule has 1 aliphatic heterocycles. The SMILES string of the molecule is C[C@H]1C[C@@H](NC(=O)C=CN(C)C)CN(c2ccc(C#N)c3nccnc23)C1. The molecule has 1 aromatic carbocycles. The Morgan fingerprint density at radius 3 is 2.74 bits per heavy atom. The van der Waals surface area contributed by atoms with E-state index in [1.165, 1.54) is 0 Å². The van der Waals surface area contributed by atoms with Gasteiger partial charge in [-0.05, 0) is 24.5 Å². The molecule has 7 heteroatoms. The number of benzene rings is 1. The van der Waals surface area contributed by atoms with E-state index in [1.807, 2.05) is 25.1 Å². The number of carbonyl (C=O) groups excluding carboxylic acids is 1. The van der Waals surface area contributed by atoms with Gasteiger partial charge >= 0.3 is 0 Å². The van der Waals surface area contributed by atoms with Crippen molar-refractivity contribution in [2.24, 2.45) is 5.92 Å². The van der Waals surface area contributed by atoms with E-state index in [0.717, 1.165) is 24.2 Å². The lowest BCUT2D eigenvalue weighted by Crippen LogP contribution is -2.50. The van der Waals surface area contributed by atoms with Crippen molar-refractivity contribution in [3.05, 3.63) is 42.4 Å². The molecule has 140 valence electrons. The van der Waals surface area contributed by atoms with E-state index in [0.29, 0.717) is 23.5 Å². The minimum absolute atomic E-state index is 0.0513. The number of hydrogen-bond acceptors (Lipinski definition) is 6. The third-order valence-electron chi connectivity index (χ3n) is 4.60. The Kier molecular flexibility index (Phi) is 5.55. The smallest absolute Gasteiger partial charge is 0.245 e. The van der Waals surface area contributed by atoms with Crippen LogP contribution in [0.15, 0.2) is 36.8 Å². The highest BCUT2D eigenvalue weighted by Crippen LogP contribution is 2.30. The Labute approximate surface area is 159 Å². The first-order chi connectivity index (χ1) is 13.0. The number of aromatic nitrogens is 2. The number of amides is 1.